The number of likely N-dealkylation sites (N-methyl/N-ethyl adjacent to an activating group) is 2. The number of nitrogens with zero attached hydrogens (tertiary/aromatic N) is 5. The van der Waals surface area contributed by atoms with Crippen molar-refractivity contribution in [2.45, 2.75) is 40.7 Å². The van der Waals surface area contributed by atoms with Crippen molar-refractivity contribution < 1.29 is 14.7 Å². The number of hydrogen-bond acceptors (Lipinski definition) is 6. The summed E-state index contributed by atoms with van der Waals surface area (Å²) in [5.74, 6) is 0.193. The minimum atomic E-state index is -1.23. The van der Waals surface area contributed by atoms with Crippen LogP contribution >= 0.6 is 23.2 Å². The molecule has 2 N–H and O–H groups in total. The molecule has 0 radical (unpaired) electrons. The van der Waals surface area contributed by atoms with E-state index in [0.29, 0.717) is 33.4 Å². The van der Waals surface area contributed by atoms with Crippen LogP contribution < -0.4 is 10.2 Å². The van der Waals surface area contributed by atoms with E-state index in [-0.39, 0.29) is 17.7 Å². The Labute approximate surface area is 280 Å². The van der Waals surface area contributed by atoms with Gasteiger partial charge in [0.1, 0.15) is 5.82 Å². The molecule has 0 aliphatic heterocycles. The largest absolute Gasteiger partial charge is 0.465 e. The van der Waals surface area contributed by atoms with Crippen molar-refractivity contribution >= 4 is 52.7 Å². The highest BCUT2D eigenvalue weighted by molar-refractivity contribution is 6.33. The van der Waals surface area contributed by atoms with Crippen molar-refractivity contribution in [1.82, 2.24) is 19.8 Å². The summed E-state index contributed by atoms with van der Waals surface area (Å²) in [5, 5.41) is 14.6. The zero-order valence-electron chi connectivity index (χ0n) is 27.0. The molecule has 0 fully saturated rings. The average Bonchev–Trinajstić information content (AvgIpc) is 3.01. The molecular formula is C35H40Cl2N6O3. The van der Waals surface area contributed by atoms with Gasteiger partial charge in [-0.05, 0) is 98.6 Å². The zero-order valence-corrected chi connectivity index (χ0v) is 28.5. The van der Waals surface area contributed by atoms with Gasteiger partial charge in [-0.1, -0.05) is 60.8 Å². The van der Waals surface area contributed by atoms with E-state index in [1.165, 1.54) is 17.2 Å². The van der Waals surface area contributed by atoms with Crippen molar-refractivity contribution in [3.63, 3.8) is 0 Å². The fourth-order valence-electron chi connectivity index (χ4n) is 5.67. The summed E-state index contributed by atoms with van der Waals surface area (Å²) < 4.78 is 0. The van der Waals surface area contributed by atoms with Crippen LogP contribution in [0.5, 0.6) is 0 Å². The standard InChI is InChI=1S/C35H40Cl2N6O3/c1-7-42(8-2)17-16-41(6)33(44)25-10-9-11-27(20-25)39-34-38-15-14-30(40-34)43(35(45)46)32(28-21-26(36)12-13-29(28)37)31-23(4)18-22(3)19-24(31)5/h9-15,18-21,32H,7-8,16-17H2,1-6H3,(H,45,46)(H,38,39,40). The number of rotatable bonds is 12. The Morgan fingerprint density at radius 2 is 1.63 bits per heavy atom. The first kappa shape index (κ1) is 34.7. The summed E-state index contributed by atoms with van der Waals surface area (Å²) in [7, 11) is 1.79. The van der Waals surface area contributed by atoms with Crippen molar-refractivity contribution in [2.24, 2.45) is 0 Å². The third-order valence-electron chi connectivity index (χ3n) is 7.97. The van der Waals surface area contributed by atoms with Crippen LogP contribution in [-0.4, -0.2) is 70.1 Å². The SMILES string of the molecule is CCN(CC)CCN(C)C(=O)c1cccc(Nc2nccc(N(C(=O)O)C(c3cc(Cl)ccc3Cl)c3c(C)cc(C)cc3C)n2)c1. The molecule has 1 atom stereocenters. The second-order valence-electron chi connectivity index (χ2n) is 11.2. The van der Waals surface area contributed by atoms with E-state index in [4.69, 9.17) is 23.2 Å². The Kier molecular flexibility index (Phi) is 11.6. The van der Waals surface area contributed by atoms with Crippen LogP contribution in [0.25, 0.3) is 0 Å². The van der Waals surface area contributed by atoms with Gasteiger partial charge in [0.2, 0.25) is 5.95 Å². The molecule has 9 nitrogen and oxygen atoms in total. The fourth-order valence-corrected chi connectivity index (χ4v) is 6.07. The van der Waals surface area contributed by atoms with Gasteiger partial charge in [0.25, 0.3) is 5.91 Å². The van der Waals surface area contributed by atoms with Gasteiger partial charge in [-0.2, -0.15) is 4.98 Å². The number of halogens is 2. The topological polar surface area (TPSA) is 102 Å². The lowest BCUT2D eigenvalue weighted by atomic mass is 9.89. The average molecular weight is 664 g/mol. The number of anilines is 3. The van der Waals surface area contributed by atoms with Crippen molar-refractivity contribution in [1.29, 1.82) is 0 Å². The quantitative estimate of drug-likeness (QED) is 0.158. The Balaban J connectivity index is 1.70. The summed E-state index contributed by atoms with van der Waals surface area (Å²) in [4.78, 5) is 40.4. The predicted molar refractivity (Wildman–Crippen MR) is 186 cm³/mol. The molecule has 0 bridgehead atoms. The first-order chi connectivity index (χ1) is 21.9. The molecule has 46 heavy (non-hydrogen) atoms. The number of carbonyl (C=O) groups excluding carboxylic acids is 1. The summed E-state index contributed by atoms with van der Waals surface area (Å²) in [6, 6.07) is 16.8. The molecule has 0 saturated heterocycles. The molecule has 3 aromatic carbocycles. The van der Waals surface area contributed by atoms with Crippen LogP contribution in [0.4, 0.5) is 22.2 Å². The minimum absolute atomic E-state index is 0.104. The van der Waals surface area contributed by atoms with Crippen molar-refractivity contribution in [2.75, 3.05) is 43.4 Å². The second kappa shape index (κ2) is 15.4. The molecule has 11 heteroatoms. The summed E-state index contributed by atoms with van der Waals surface area (Å²) in [6.07, 6.45) is 0.257. The highest BCUT2D eigenvalue weighted by atomic mass is 35.5. The van der Waals surface area contributed by atoms with Crippen molar-refractivity contribution in [3.8, 4) is 0 Å². The second-order valence-corrected chi connectivity index (χ2v) is 12.1. The van der Waals surface area contributed by atoms with Gasteiger partial charge in [0, 0.05) is 47.6 Å². The Hall–Kier alpha value is -4.18. The fraction of sp³-hybridized carbons (Fsp3) is 0.314. The van der Waals surface area contributed by atoms with E-state index in [1.807, 2.05) is 32.9 Å². The number of aromatic nitrogens is 2. The smallest absolute Gasteiger partial charge is 0.413 e. The molecule has 0 aliphatic rings. The maximum absolute atomic E-state index is 13.2. The highest BCUT2D eigenvalue weighted by Crippen LogP contribution is 2.40. The van der Waals surface area contributed by atoms with Gasteiger partial charge in [0.15, 0.2) is 0 Å². The zero-order chi connectivity index (χ0) is 33.5. The third kappa shape index (κ3) is 8.15. The lowest BCUT2D eigenvalue weighted by Gasteiger charge is -2.32. The number of carboxylic acid groups (broad SMARTS) is 1. The number of aryl methyl sites for hydroxylation is 3. The van der Waals surface area contributed by atoms with E-state index in [2.05, 4.69) is 34.0 Å². The van der Waals surface area contributed by atoms with Crippen LogP contribution in [0.15, 0.2) is 66.9 Å². The first-order valence-electron chi connectivity index (χ1n) is 15.2. The summed E-state index contributed by atoms with van der Waals surface area (Å²) in [6.45, 7) is 13.3. The van der Waals surface area contributed by atoms with E-state index < -0.39 is 12.1 Å². The number of hydrogen-bond donors (Lipinski definition) is 2. The lowest BCUT2D eigenvalue weighted by Crippen LogP contribution is -2.36. The first-order valence-corrected chi connectivity index (χ1v) is 15.9. The van der Waals surface area contributed by atoms with Crippen LogP contribution in [0.3, 0.4) is 0 Å². The van der Waals surface area contributed by atoms with Gasteiger partial charge in [-0.25, -0.2) is 14.7 Å². The van der Waals surface area contributed by atoms with Crippen LogP contribution in [0.2, 0.25) is 10.0 Å². The number of carbonyl (C=O) groups is 2. The molecule has 1 unspecified atom stereocenters. The third-order valence-corrected chi connectivity index (χ3v) is 8.55. The van der Waals surface area contributed by atoms with Crippen LogP contribution in [0.1, 0.15) is 58.1 Å². The maximum Gasteiger partial charge on any atom is 0.413 e. The summed E-state index contributed by atoms with van der Waals surface area (Å²) >= 11 is 13.1. The summed E-state index contributed by atoms with van der Waals surface area (Å²) in [5.41, 5.74) is 5.26. The highest BCUT2D eigenvalue weighted by Gasteiger charge is 2.33. The number of benzene rings is 3. The molecular weight excluding hydrogens is 623 g/mol. The van der Waals surface area contributed by atoms with Gasteiger partial charge >= 0.3 is 6.09 Å². The van der Waals surface area contributed by atoms with E-state index in [0.717, 1.165) is 41.9 Å². The monoisotopic (exact) mass is 662 g/mol. The van der Waals surface area contributed by atoms with Gasteiger partial charge in [-0.3, -0.25) is 4.79 Å². The molecule has 0 aliphatic carbocycles. The van der Waals surface area contributed by atoms with Gasteiger partial charge in [-0.15, -0.1) is 0 Å². The minimum Gasteiger partial charge on any atom is -0.465 e. The van der Waals surface area contributed by atoms with Gasteiger partial charge < -0.3 is 20.2 Å². The number of amides is 2. The van der Waals surface area contributed by atoms with E-state index >= 15 is 0 Å². The Morgan fingerprint density at radius 1 is 0.935 bits per heavy atom. The predicted octanol–water partition coefficient (Wildman–Crippen LogP) is 8.14. The number of nitrogens with one attached hydrogen (secondary N) is 1. The molecule has 2 amide bonds. The molecule has 242 valence electrons. The Bertz CT molecular complexity index is 1690. The lowest BCUT2D eigenvalue weighted by molar-refractivity contribution is 0.0779. The van der Waals surface area contributed by atoms with Crippen molar-refractivity contribution in [3.05, 3.63) is 110 Å². The van der Waals surface area contributed by atoms with E-state index in [1.54, 1.807) is 54.4 Å². The van der Waals surface area contributed by atoms with E-state index in [9.17, 15) is 14.7 Å². The Morgan fingerprint density at radius 3 is 2.28 bits per heavy atom. The van der Waals surface area contributed by atoms with Crippen LogP contribution in [-0.2, 0) is 0 Å². The molecule has 0 saturated carbocycles. The molecule has 1 aromatic heterocycles. The molecule has 0 spiro atoms. The molecule has 4 rings (SSSR count). The van der Waals surface area contributed by atoms with Crippen LogP contribution in [0, 0.1) is 20.8 Å². The molecule has 4 aromatic rings. The maximum atomic E-state index is 13.2. The normalized spacial score (nSPS) is 11.8. The molecule has 1 heterocycles. The van der Waals surface area contributed by atoms with Gasteiger partial charge in [0.05, 0.1) is 6.04 Å².